The molecule has 0 amide bonds. The Labute approximate surface area is 321 Å². The van der Waals surface area contributed by atoms with E-state index in [1.807, 2.05) is 36.4 Å². The maximum absolute atomic E-state index is 10.8. The first kappa shape index (κ1) is 28.7. The largest absolute Gasteiger partial charge is 0.455 e. The molecule has 0 atom stereocenters. The summed E-state index contributed by atoms with van der Waals surface area (Å²) >= 11 is 0. The van der Waals surface area contributed by atoms with Gasteiger partial charge in [0.05, 0.1) is 11.6 Å². The fraction of sp³-hybridized carbons (Fsp3) is 0. The van der Waals surface area contributed by atoms with Gasteiger partial charge in [-0.3, -0.25) is 0 Å². The molecule has 0 bridgehead atoms. The van der Waals surface area contributed by atoms with Crippen molar-refractivity contribution in [2.45, 2.75) is 0 Å². The molecule has 13 aromatic rings. The highest BCUT2D eigenvalue weighted by atomic mass is 16.3. The minimum atomic E-state index is -0.187. The minimum Gasteiger partial charge on any atom is -0.455 e. The van der Waals surface area contributed by atoms with Crippen LogP contribution in [-0.2, 0) is 0 Å². The standard InChI is InChI=1S/C51H22BNO4/c53-23-24-17-33-45-43-35(19-29-25-9-1-7-15-41(25)56-50(29)45)48-31(27-11-3-5-13-39(27)54-48)21-37(43)52-38-22-32-28-12-4-6-14-40(28)55-49(32)36-20-30-26-10-2-8-16-42(26)57-51(30)46(44(36)38)34(18-24)47(33)52/h1-22H. The van der Waals surface area contributed by atoms with E-state index in [-0.39, 0.29) is 6.71 Å². The zero-order valence-electron chi connectivity index (χ0n) is 29.9. The Morgan fingerprint density at radius 2 is 0.754 bits per heavy atom. The quantitative estimate of drug-likeness (QED) is 0.146. The maximum Gasteiger partial charge on any atom is 0.244 e. The van der Waals surface area contributed by atoms with Crippen LogP contribution in [0.2, 0.25) is 0 Å². The molecule has 4 aromatic heterocycles. The molecule has 0 radical (unpaired) electrons. The molecule has 258 valence electrons. The Morgan fingerprint density at radius 3 is 1.16 bits per heavy atom. The molecule has 6 heteroatoms. The summed E-state index contributed by atoms with van der Waals surface area (Å²) in [4.78, 5) is 0. The zero-order valence-corrected chi connectivity index (χ0v) is 29.9. The van der Waals surface area contributed by atoms with E-state index < -0.39 is 0 Å². The third-order valence-electron chi connectivity index (χ3n) is 13.0. The summed E-state index contributed by atoms with van der Waals surface area (Å²) < 4.78 is 27.4. The van der Waals surface area contributed by atoms with Crippen LogP contribution in [0.15, 0.2) is 151 Å². The Hall–Kier alpha value is -7.75. The first-order chi connectivity index (χ1) is 28.2. The lowest BCUT2D eigenvalue weighted by Crippen LogP contribution is -2.57. The van der Waals surface area contributed by atoms with Gasteiger partial charge in [-0.15, -0.1) is 0 Å². The van der Waals surface area contributed by atoms with E-state index in [1.165, 1.54) is 10.9 Å². The van der Waals surface area contributed by atoms with Crippen molar-refractivity contribution < 1.29 is 17.7 Å². The average molecular weight is 724 g/mol. The second kappa shape index (κ2) is 9.54. The Balaban J connectivity index is 1.25. The second-order valence-corrected chi connectivity index (χ2v) is 15.7. The van der Waals surface area contributed by atoms with Gasteiger partial charge in [-0.1, -0.05) is 101 Å². The normalized spacial score (nSPS) is 13.2. The number of hydrogen-bond donors (Lipinski definition) is 0. The number of fused-ring (bicyclic) bond motifs is 20. The van der Waals surface area contributed by atoms with Crippen molar-refractivity contribution in [3.05, 3.63) is 139 Å². The highest BCUT2D eigenvalue weighted by Crippen LogP contribution is 2.50. The number of nitrogens with zero attached hydrogens (tertiary/aromatic N) is 1. The molecular weight excluding hydrogens is 701 g/mol. The Morgan fingerprint density at radius 1 is 0.386 bits per heavy atom. The van der Waals surface area contributed by atoms with Gasteiger partial charge in [0.1, 0.15) is 44.7 Å². The molecule has 0 spiro atoms. The lowest BCUT2D eigenvalue weighted by molar-refractivity contribution is 0.669. The molecule has 0 fully saturated rings. The van der Waals surface area contributed by atoms with Gasteiger partial charge in [-0.25, -0.2) is 0 Å². The van der Waals surface area contributed by atoms with Crippen LogP contribution in [0.1, 0.15) is 5.56 Å². The van der Waals surface area contributed by atoms with Crippen molar-refractivity contribution in [2.75, 3.05) is 0 Å². The van der Waals surface area contributed by atoms with Crippen LogP contribution < -0.4 is 16.4 Å². The molecule has 15 rings (SSSR count). The van der Waals surface area contributed by atoms with Crippen LogP contribution in [0.4, 0.5) is 0 Å². The van der Waals surface area contributed by atoms with E-state index >= 15 is 0 Å². The van der Waals surface area contributed by atoms with Gasteiger partial charge in [-0.2, -0.15) is 5.26 Å². The summed E-state index contributed by atoms with van der Waals surface area (Å²) in [5.74, 6) is 0. The number of furan rings is 4. The molecule has 0 aliphatic carbocycles. The minimum absolute atomic E-state index is 0.187. The van der Waals surface area contributed by atoms with Gasteiger partial charge < -0.3 is 17.7 Å². The number of hydrogen-bond acceptors (Lipinski definition) is 5. The number of benzene rings is 9. The summed E-state index contributed by atoms with van der Waals surface area (Å²) in [6.07, 6.45) is 0. The highest BCUT2D eigenvalue weighted by Gasteiger charge is 2.43. The third-order valence-corrected chi connectivity index (χ3v) is 13.0. The van der Waals surface area contributed by atoms with E-state index in [0.717, 1.165) is 137 Å². The summed E-state index contributed by atoms with van der Waals surface area (Å²) in [5.41, 5.74) is 14.7. The second-order valence-electron chi connectivity index (χ2n) is 15.7. The smallest absolute Gasteiger partial charge is 0.244 e. The van der Waals surface area contributed by atoms with Gasteiger partial charge >= 0.3 is 0 Å². The Bertz CT molecular complexity index is 3870. The summed E-state index contributed by atoms with van der Waals surface area (Å²) in [5, 5.41) is 23.5. The van der Waals surface area contributed by atoms with E-state index in [2.05, 4.69) is 103 Å². The predicted octanol–water partition coefficient (Wildman–Crippen LogP) is 11.9. The molecule has 9 aromatic carbocycles. The maximum atomic E-state index is 10.8. The van der Waals surface area contributed by atoms with Crippen LogP contribution in [0.5, 0.6) is 0 Å². The summed E-state index contributed by atoms with van der Waals surface area (Å²) in [6.45, 7) is -0.187. The number of nitriles is 1. The van der Waals surface area contributed by atoms with Gasteiger partial charge in [0.15, 0.2) is 0 Å². The topological polar surface area (TPSA) is 76.3 Å². The van der Waals surface area contributed by atoms with Crippen molar-refractivity contribution in [3.63, 3.8) is 0 Å². The molecule has 2 aliphatic rings. The summed E-state index contributed by atoms with van der Waals surface area (Å²) in [7, 11) is 0. The molecule has 57 heavy (non-hydrogen) atoms. The van der Waals surface area contributed by atoms with E-state index in [4.69, 9.17) is 17.7 Å². The molecule has 0 N–H and O–H groups in total. The van der Waals surface area contributed by atoms with Crippen molar-refractivity contribution in [2.24, 2.45) is 0 Å². The van der Waals surface area contributed by atoms with E-state index in [9.17, 15) is 5.26 Å². The van der Waals surface area contributed by atoms with Gasteiger partial charge in [0.25, 0.3) is 0 Å². The first-order valence-corrected chi connectivity index (χ1v) is 19.2. The van der Waals surface area contributed by atoms with Gasteiger partial charge in [0.2, 0.25) is 6.71 Å². The SMILES string of the molecule is N#Cc1cc2c3c(c1)-c1c4oc5ccccc5c4cc4c1c(cc1c5ccccc5oc41)B3c1cc3c4ccccc4oc3c3cc4c(oc5ccccc54)c-2c13. The van der Waals surface area contributed by atoms with Gasteiger partial charge in [-0.05, 0) is 70.4 Å². The molecule has 0 saturated carbocycles. The first-order valence-electron chi connectivity index (χ1n) is 19.2. The molecular formula is C51H22BNO4. The molecule has 6 heterocycles. The van der Waals surface area contributed by atoms with Crippen molar-refractivity contribution in [3.8, 4) is 28.3 Å². The Kier molecular flexibility index (Phi) is 4.80. The van der Waals surface area contributed by atoms with Crippen LogP contribution >= 0.6 is 0 Å². The lowest BCUT2D eigenvalue weighted by Gasteiger charge is -2.34. The number of para-hydroxylation sites is 4. The fourth-order valence-corrected chi connectivity index (χ4v) is 10.8. The predicted molar refractivity (Wildman–Crippen MR) is 231 cm³/mol. The van der Waals surface area contributed by atoms with Crippen LogP contribution in [0.25, 0.3) is 132 Å². The third kappa shape index (κ3) is 3.25. The lowest BCUT2D eigenvalue weighted by atomic mass is 9.31. The van der Waals surface area contributed by atoms with Crippen molar-refractivity contribution in [1.82, 2.24) is 0 Å². The monoisotopic (exact) mass is 723 g/mol. The highest BCUT2D eigenvalue weighted by molar-refractivity contribution is 7.02. The van der Waals surface area contributed by atoms with Crippen LogP contribution in [-0.4, -0.2) is 6.71 Å². The van der Waals surface area contributed by atoms with E-state index in [0.29, 0.717) is 5.56 Å². The average Bonchev–Trinajstić information content (AvgIpc) is 4.02. The van der Waals surface area contributed by atoms with Gasteiger partial charge in [0, 0.05) is 65.0 Å². The van der Waals surface area contributed by atoms with Crippen molar-refractivity contribution >= 4 is 132 Å². The molecule has 0 unspecified atom stereocenters. The molecule has 5 nitrogen and oxygen atoms in total. The van der Waals surface area contributed by atoms with Crippen LogP contribution in [0.3, 0.4) is 0 Å². The van der Waals surface area contributed by atoms with Crippen LogP contribution in [0, 0.1) is 11.3 Å². The summed E-state index contributed by atoms with van der Waals surface area (Å²) in [6, 6.07) is 49.1. The fourth-order valence-electron chi connectivity index (χ4n) is 10.8. The molecule has 0 saturated heterocycles. The number of rotatable bonds is 0. The van der Waals surface area contributed by atoms with Crippen molar-refractivity contribution in [1.29, 1.82) is 5.26 Å². The van der Waals surface area contributed by atoms with E-state index in [1.54, 1.807) is 0 Å². The molecule has 2 aliphatic heterocycles. The zero-order chi connectivity index (χ0) is 36.8.